The number of aliphatic hydroxyl groups excluding tert-OH is 1. The molecule has 1 fully saturated rings. The number of ketones is 1. The monoisotopic (exact) mass is 407 g/mol. The number of carbonyl (C=O) groups is 2. The predicted octanol–water partition coefficient (Wildman–Crippen LogP) is 2.63. The number of hydrogen-bond acceptors (Lipinski definition) is 6. The Morgan fingerprint density at radius 2 is 1.87 bits per heavy atom. The molecule has 1 aliphatic rings. The third-order valence-electron chi connectivity index (χ3n) is 4.85. The summed E-state index contributed by atoms with van der Waals surface area (Å²) in [6, 6.07) is 9.53. The Bertz CT molecular complexity index is 952. The molecule has 7 nitrogen and oxygen atoms in total. The quantitative estimate of drug-likeness (QED) is 0.314. The average molecular weight is 407 g/mol. The molecule has 1 unspecified atom stereocenters. The number of amides is 1. The van der Waals surface area contributed by atoms with Gasteiger partial charge in [0.05, 0.1) is 11.6 Å². The third-order valence-corrected chi connectivity index (χ3v) is 4.85. The molecule has 1 N–H and O–H groups in total. The number of aliphatic hydroxyl groups is 1. The standard InChI is InChI=1S/C23H25N3O4/c1-4-15-30-18-7-5-17(6-8-18)21(27)19-20(16-9-11-24-12-10-16)26(14-13-25(2)3)23(29)22(19)28/h4-12,20,27H,1,13-15H2,2-3H3/b21-19+. The Kier molecular flexibility index (Phi) is 6.64. The number of rotatable bonds is 8. The van der Waals surface area contributed by atoms with Crippen LogP contribution in [0.3, 0.4) is 0 Å². The van der Waals surface area contributed by atoms with Crippen LogP contribution in [0.15, 0.2) is 67.0 Å². The summed E-state index contributed by atoms with van der Waals surface area (Å²) in [6.07, 6.45) is 4.85. The van der Waals surface area contributed by atoms with E-state index in [1.54, 1.807) is 54.9 Å². The van der Waals surface area contributed by atoms with Crippen molar-refractivity contribution in [3.05, 3.63) is 78.1 Å². The van der Waals surface area contributed by atoms with Gasteiger partial charge in [-0.1, -0.05) is 12.7 Å². The smallest absolute Gasteiger partial charge is 0.295 e. The van der Waals surface area contributed by atoms with Gasteiger partial charge in [0.1, 0.15) is 18.1 Å². The fourth-order valence-electron chi connectivity index (χ4n) is 3.33. The van der Waals surface area contributed by atoms with Crippen molar-refractivity contribution in [2.75, 3.05) is 33.8 Å². The molecule has 1 amide bonds. The summed E-state index contributed by atoms with van der Waals surface area (Å²) in [5.74, 6) is -0.910. The molecule has 1 atom stereocenters. The largest absolute Gasteiger partial charge is 0.507 e. The zero-order chi connectivity index (χ0) is 21.7. The summed E-state index contributed by atoms with van der Waals surface area (Å²) in [4.78, 5) is 33.1. The molecule has 30 heavy (non-hydrogen) atoms. The molecule has 7 heteroatoms. The van der Waals surface area contributed by atoms with E-state index in [4.69, 9.17) is 4.74 Å². The second-order valence-electron chi connectivity index (χ2n) is 7.20. The van der Waals surface area contributed by atoms with Gasteiger partial charge in [-0.2, -0.15) is 0 Å². The number of hydrogen-bond donors (Lipinski definition) is 1. The summed E-state index contributed by atoms with van der Waals surface area (Å²) in [5, 5.41) is 11.0. The summed E-state index contributed by atoms with van der Waals surface area (Å²) >= 11 is 0. The number of likely N-dealkylation sites (N-methyl/N-ethyl adjacent to an activating group) is 1. The van der Waals surface area contributed by atoms with Crippen molar-refractivity contribution in [3.8, 4) is 5.75 Å². The van der Waals surface area contributed by atoms with Crippen molar-refractivity contribution in [2.24, 2.45) is 0 Å². The topological polar surface area (TPSA) is 83.0 Å². The molecule has 0 saturated carbocycles. The van der Waals surface area contributed by atoms with Crippen LogP contribution in [-0.4, -0.2) is 65.4 Å². The van der Waals surface area contributed by atoms with Gasteiger partial charge in [-0.05, 0) is 56.1 Å². The molecule has 2 aromatic rings. The fraction of sp³-hybridized carbons (Fsp3) is 0.261. The molecule has 2 heterocycles. The Hall–Kier alpha value is -3.45. The lowest BCUT2D eigenvalue weighted by Gasteiger charge is -2.26. The summed E-state index contributed by atoms with van der Waals surface area (Å²) in [5.41, 5.74) is 1.23. The molecule has 1 aromatic carbocycles. The predicted molar refractivity (Wildman–Crippen MR) is 114 cm³/mol. The number of carbonyl (C=O) groups excluding carboxylic acids is 2. The zero-order valence-electron chi connectivity index (χ0n) is 17.1. The summed E-state index contributed by atoms with van der Waals surface area (Å²) < 4.78 is 5.46. The highest BCUT2D eigenvalue weighted by atomic mass is 16.5. The van der Waals surface area contributed by atoms with Crippen molar-refractivity contribution in [3.63, 3.8) is 0 Å². The lowest BCUT2D eigenvalue weighted by Crippen LogP contribution is -2.35. The normalized spacial score (nSPS) is 18.1. The van der Waals surface area contributed by atoms with Crippen LogP contribution in [0, 0.1) is 0 Å². The maximum atomic E-state index is 12.9. The highest BCUT2D eigenvalue weighted by Crippen LogP contribution is 2.39. The number of pyridine rings is 1. The Balaban J connectivity index is 2.03. The molecule has 3 rings (SSSR count). The van der Waals surface area contributed by atoms with E-state index in [2.05, 4.69) is 11.6 Å². The Morgan fingerprint density at radius 3 is 2.47 bits per heavy atom. The van der Waals surface area contributed by atoms with E-state index < -0.39 is 17.7 Å². The molecular weight excluding hydrogens is 382 g/mol. The van der Waals surface area contributed by atoms with Crippen LogP contribution in [-0.2, 0) is 9.59 Å². The molecule has 156 valence electrons. The van der Waals surface area contributed by atoms with Crippen molar-refractivity contribution in [1.82, 2.24) is 14.8 Å². The Morgan fingerprint density at radius 1 is 1.20 bits per heavy atom. The minimum Gasteiger partial charge on any atom is -0.507 e. The minimum atomic E-state index is -0.694. The second-order valence-corrected chi connectivity index (χ2v) is 7.20. The van der Waals surface area contributed by atoms with Crippen LogP contribution in [0.2, 0.25) is 0 Å². The van der Waals surface area contributed by atoms with Crippen LogP contribution in [0.4, 0.5) is 0 Å². The third kappa shape index (κ3) is 4.41. The fourth-order valence-corrected chi connectivity index (χ4v) is 3.33. The molecule has 1 saturated heterocycles. The van der Waals surface area contributed by atoms with Gasteiger partial charge < -0.3 is 19.6 Å². The minimum absolute atomic E-state index is 0.0738. The molecule has 1 aromatic heterocycles. The van der Waals surface area contributed by atoms with Gasteiger partial charge in [-0.25, -0.2) is 0 Å². The first-order valence-corrected chi connectivity index (χ1v) is 9.61. The first-order valence-electron chi connectivity index (χ1n) is 9.61. The summed E-state index contributed by atoms with van der Waals surface area (Å²) in [6.45, 7) is 4.91. The van der Waals surface area contributed by atoms with Crippen LogP contribution in [0.5, 0.6) is 5.75 Å². The molecule has 1 aliphatic heterocycles. The maximum absolute atomic E-state index is 12.9. The number of nitrogens with zero attached hydrogens (tertiary/aromatic N) is 3. The average Bonchev–Trinajstić information content (AvgIpc) is 3.01. The maximum Gasteiger partial charge on any atom is 0.295 e. The zero-order valence-corrected chi connectivity index (χ0v) is 17.1. The molecule has 0 aliphatic carbocycles. The van der Waals surface area contributed by atoms with E-state index in [0.717, 1.165) is 5.56 Å². The molecular formula is C23H25N3O4. The van der Waals surface area contributed by atoms with Gasteiger partial charge in [-0.3, -0.25) is 14.6 Å². The molecule has 0 spiro atoms. The van der Waals surface area contributed by atoms with Crippen LogP contribution < -0.4 is 4.74 Å². The van der Waals surface area contributed by atoms with Crippen LogP contribution >= 0.6 is 0 Å². The van der Waals surface area contributed by atoms with Gasteiger partial charge in [0, 0.05) is 31.0 Å². The summed E-state index contributed by atoms with van der Waals surface area (Å²) in [7, 11) is 3.79. The Labute approximate surface area is 175 Å². The first kappa shape index (κ1) is 21.3. The number of ether oxygens (including phenoxy) is 1. The first-order chi connectivity index (χ1) is 14.4. The van der Waals surface area contributed by atoms with Crippen molar-refractivity contribution < 1.29 is 19.4 Å². The SMILES string of the molecule is C=CCOc1ccc(/C(O)=C2\C(=O)C(=O)N(CCN(C)C)C2c2ccncc2)cc1. The van der Waals surface area contributed by atoms with Crippen molar-refractivity contribution in [2.45, 2.75) is 6.04 Å². The van der Waals surface area contributed by atoms with E-state index in [1.807, 2.05) is 19.0 Å². The van der Waals surface area contributed by atoms with Crippen molar-refractivity contribution in [1.29, 1.82) is 0 Å². The van der Waals surface area contributed by atoms with Gasteiger partial charge in [0.15, 0.2) is 0 Å². The number of aromatic nitrogens is 1. The van der Waals surface area contributed by atoms with Crippen LogP contribution in [0.25, 0.3) is 5.76 Å². The van der Waals surface area contributed by atoms with E-state index in [0.29, 0.717) is 31.0 Å². The number of Topliss-reactive ketones (excluding diaryl/α,β-unsaturated/α-hetero) is 1. The second kappa shape index (κ2) is 9.37. The van der Waals surface area contributed by atoms with Gasteiger partial charge in [-0.15, -0.1) is 0 Å². The van der Waals surface area contributed by atoms with Crippen LogP contribution in [0.1, 0.15) is 17.2 Å². The lowest BCUT2D eigenvalue weighted by molar-refractivity contribution is -0.140. The van der Waals surface area contributed by atoms with Gasteiger partial charge in [0.25, 0.3) is 11.7 Å². The van der Waals surface area contributed by atoms with Gasteiger partial charge in [0.2, 0.25) is 0 Å². The van der Waals surface area contributed by atoms with E-state index in [-0.39, 0.29) is 11.3 Å². The van der Waals surface area contributed by atoms with Gasteiger partial charge >= 0.3 is 0 Å². The number of likely N-dealkylation sites (tertiary alicyclic amines) is 1. The molecule has 0 radical (unpaired) electrons. The molecule has 0 bridgehead atoms. The highest BCUT2D eigenvalue weighted by molar-refractivity contribution is 6.46. The van der Waals surface area contributed by atoms with E-state index in [1.165, 1.54) is 4.90 Å². The highest BCUT2D eigenvalue weighted by Gasteiger charge is 2.45. The lowest BCUT2D eigenvalue weighted by atomic mass is 9.96. The van der Waals surface area contributed by atoms with E-state index in [9.17, 15) is 14.7 Å². The van der Waals surface area contributed by atoms with E-state index >= 15 is 0 Å². The van der Waals surface area contributed by atoms with Crippen molar-refractivity contribution >= 4 is 17.4 Å². The number of benzene rings is 1.